The van der Waals surface area contributed by atoms with Crippen molar-refractivity contribution in [3.05, 3.63) is 26.5 Å². The molecule has 19 heavy (non-hydrogen) atoms. The van der Waals surface area contributed by atoms with Gasteiger partial charge in [0.25, 0.3) is 0 Å². The van der Waals surface area contributed by atoms with Gasteiger partial charge < -0.3 is 4.98 Å². The third-order valence-electron chi connectivity index (χ3n) is 3.09. The van der Waals surface area contributed by atoms with Gasteiger partial charge in [-0.05, 0) is 33.0 Å². The van der Waals surface area contributed by atoms with Crippen LogP contribution >= 0.6 is 23.6 Å². The van der Waals surface area contributed by atoms with E-state index in [0.29, 0.717) is 6.54 Å². The van der Waals surface area contributed by atoms with Crippen molar-refractivity contribution < 1.29 is 0 Å². The van der Waals surface area contributed by atoms with Crippen molar-refractivity contribution in [3.8, 4) is 0 Å². The molecule has 0 saturated heterocycles. The zero-order valence-electron chi connectivity index (χ0n) is 11.1. The predicted octanol–water partition coefficient (Wildman–Crippen LogP) is 3.04. The van der Waals surface area contributed by atoms with Crippen molar-refractivity contribution in [3.63, 3.8) is 0 Å². The number of aromatic nitrogens is 5. The minimum absolute atomic E-state index is 0.697. The van der Waals surface area contributed by atoms with E-state index in [1.54, 1.807) is 11.3 Å². The molecular weight excluding hydrogens is 278 g/mol. The number of imidazole rings is 1. The van der Waals surface area contributed by atoms with Gasteiger partial charge in [0.2, 0.25) is 0 Å². The van der Waals surface area contributed by atoms with E-state index in [1.807, 2.05) is 18.5 Å². The van der Waals surface area contributed by atoms with E-state index < -0.39 is 0 Å². The van der Waals surface area contributed by atoms with Crippen LogP contribution in [0.2, 0.25) is 0 Å². The number of nitrogens with zero attached hydrogens (tertiary/aromatic N) is 4. The lowest BCUT2D eigenvalue weighted by Crippen LogP contribution is -2.06. The largest absolute Gasteiger partial charge is 0.328 e. The molecule has 0 atom stereocenters. The number of H-pyrrole nitrogens is 1. The van der Waals surface area contributed by atoms with E-state index in [4.69, 9.17) is 12.2 Å². The molecular formula is C12H15N5S2. The number of rotatable bonds is 3. The highest BCUT2D eigenvalue weighted by atomic mass is 32.1. The average molecular weight is 293 g/mol. The minimum atomic E-state index is 0.697. The van der Waals surface area contributed by atoms with Crippen molar-refractivity contribution in [1.29, 1.82) is 0 Å². The van der Waals surface area contributed by atoms with Gasteiger partial charge in [-0.2, -0.15) is 5.10 Å². The Morgan fingerprint density at radius 3 is 2.84 bits per heavy atom. The van der Waals surface area contributed by atoms with Crippen LogP contribution in [-0.4, -0.2) is 24.3 Å². The molecule has 5 nitrogen and oxygen atoms in total. The number of hydrogen-bond donors (Lipinski definition) is 1. The summed E-state index contributed by atoms with van der Waals surface area (Å²) in [4.78, 5) is 7.75. The summed E-state index contributed by atoms with van der Waals surface area (Å²) in [7, 11) is 0. The van der Waals surface area contributed by atoms with Crippen LogP contribution < -0.4 is 0 Å². The molecule has 3 rings (SSSR count). The highest BCUT2D eigenvalue weighted by molar-refractivity contribution is 7.71. The van der Waals surface area contributed by atoms with E-state index in [-0.39, 0.29) is 0 Å². The molecule has 3 aromatic rings. The van der Waals surface area contributed by atoms with Crippen LogP contribution in [0, 0.1) is 18.6 Å². The van der Waals surface area contributed by atoms with Gasteiger partial charge in [-0.1, -0.05) is 0 Å². The number of hydrogen-bond acceptors (Lipinski definition) is 4. The van der Waals surface area contributed by atoms with Crippen LogP contribution in [0.4, 0.5) is 0 Å². The Morgan fingerprint density at radius 2 is 2.21 bits per heavy atom. The molecule has 0 aromatic carbocycles. The first kappa shape index (κ1) is 12.6. The lowest BCUT2D eigenvalue weighted by atomic mass is 10.4. The number of aromatic amines is 1. The van der Waals surface area contributed by atoms with Crippen molar-refractivity contribution in [2.75, 3.05) is 0 Å². The molecule has 0 aliphatic rings. The van der Waals surface area contributed by atoms with Gasteiger partial charge in [0.15, 0.2) is 10.4 Å². The van der Waals surface area contributed by atoms with Gasteiger partial charge in [0, 0.05) is 17.6 Å². The highest BCUT2D eigenvalue weighted by Gasteiger charge is 2.14. The Kier molecular flexibility index (Phi) is 3.02. The fourth-order valence-electron chi connectivity index (χ4n) is 2.24. The van der Waals surface area contributed by atoms with Crippen LogP contribution in [0.25, 0.3) is 11.2 Å². The zero-order valence-corrected chi connectivity index (χ0v) is 12.7. The highest BCUT2D eigenvalue weighted by Crippen LogP contribution is 2.20. The molecule has 0 aliphatic carbocycles. The Balaban J connectivity index is 2.17. The second-order valence-corrected chi connectivity index (χ2v) is 5.83. The lowest BCUT2D eigenvalue weighted by Gasteiger charge is -2.03. The summed E-state index contributed by atoms with van der Waals surface area (Å²) in [6, 6.07) is 0. The van der Waals surface area contributed by atoms with Crippen molar-refractivity contribution in [1.82, 2.24) is 24.3 Å². The molecule has 3 heterocycles. The molecule has 1 N–H and O–H groups in total. The van der Waals surface area contributed by atoms with Gasteiger partial charge in [-0.3, -0.25) is 4.57 Å². The third-order valence-corrected chi connectivity index (χ3v) is 4.37. The van der Waals surface area contributed by atoms with Crippen molar-refractivity contribution >= 4 is 34.7 Å². The smallest absolute Gasteiger partial charge is 0.179 e. The molecule has 0 unspecified atom stereocenters. The Hall–Kier alpha value is -1.47. The molecule has 0 amide bonds. The van der Waals surface area contributed by atoms with Gasteiger partial charge in [0.1, 0.15) is 10.5 Å². The molecule has 3 aromatic heterocycles. The monoisotopic (exact) mass is 293 g/mol. The zero-order chi connectivity index (χ0) is 13.6. The predicted molar refractivity (Wildman–Crippen MR) is 79.3 cm³/mol. The lowest BCUT2D eigenvalue weighted by molar-refractivity contribution is 0.643. The summed E-state index contributed by atoms with van der Waals surface area (Å²) >= 11 is 7.09. The molecule has 0 radical (unpaired) electrons. The standard InChI is InChI=1S/C12H15N5S2/c1-4-17-11-10(8(3)15-17)14-12(18)16(11)5-9-13-7(2)6-19-9/h6H,4-5H2,1-3H3,(H,14,18). The van der Waals surface area contributed by atoms with E-state index >= 15 is 0 Å². The minimum Gasteiger partial charge on any atom is -0.328 e. The van der Waals surface area contributed by atoms with E-state index in [9.17, 15) is 0 Å². The summed E-state index contributed by atoms with van der Waals surface area (Å²) in [5.74, 6) is 0. The first-order chi connectivity index (χ1) is 9.10. The fourth-order valence-corrected chi connectivity index (χ4v) is 3.25. The Labute approximate surface area is 119 Å². The second-order valence-electron chi connectivity index (χ2n) is 4.50. The molecule has 0 aliphatic heterocycles. The third kappa shape index (κ3) is 2.02. The molecule has 7 heteroatoms. The van der Waals surface area contributed by atoms with E-state index in [0.717, 1.165) is 38.9 Å². The van der Waals surface area contributed by atoms with Gasteiger partial charge >= 0.3 is 0 Å². The number of aryl methyl sites for hydroxylation is 3. The average Bonchev–Trinajstić information content (AvgIpc) is 3.00. The molecule has 0 fully saturated rings. The Morgan fingerprint density at radius 1 is 1.42 bits per heavy atom. The maximum atomic E-state index is 5.42. The molecule has 0 spiro atoms. The van der Waals surface area contributed by atoms with Crippen LogP contribution in [0.3, 0.4) is 0 Å². The molecule has 100 valence electrons. The van der Waals surface area contributed by atoms with E-state index in [2.05, 4.69) is 31.9 Å². The summed E-state index contributed by atoms with van der Waals surface area (Å²) in [5.41, 5.74) is 4.12. The van der Waals surface area contributed by atoms with Gasteiger partial charge in [-0.15, -0.1) is 11.3 Å². The summed E-state index contributed by atoms with van der Waals surface area (Å²) in [6.07, 6.45) is 0. The number of nitrogens with one attached hydrogen (secondary N) is 1. The molecule has 0 bridgehead atoms. The number of thiazole rings is 1. The van der Waals surface area contributed by atoms with Crippen molar-refractivity contribution in [2.45, 2.75) is 33.9 Å². The first-order valence-electron chi connectivity index (χ1n) is 6.17. The van der Waals surface area contributed by atoms with Gasteiger partial charge in [0.05, 0.1) is 12.2 Å². The van der Waals surface area contributed by atoms with Crippen LogP contribution in [0.5, 0.6) is 0 Å². The maximum Gasteiger partial charge on any atom is 0.179 e. The first-order valence-corrected chi connectivity index (χ1v) is 7.46. The number of fused-ring (bicyclic) bond motifs is 1. The molecule has 0 saturated carbocycles. The quantitative estimate of drug-likeness (QED) is 0.755. The summed E-state index contributed by atoms with van der Waals surface area (Å²) in [6.45, 7) is 7.61. The fraction of sp³-hybridized carbons (Fsp3) is 0.417. The normalized spacial score (nSPS) is 11.5. The topological polar surface area (TPSA) is 51.4 Å². The van der Waals surface area contributed by atoms with Gasteiger partial charge in [-0.25, -0.2) is 9.67 Å². The van der Waals surface area contributed by atoms with Crippen LogP contribution in [0.15, 0.2) is 5.38 Å². The second kappa shape index (κ2) is 4.57. The summed E-state index contributed by atoms with van der Waals surface area (Å²) < 4.78 is 4.79. The van der Waals surface area contributed by atoms with Crippen molar-refractivity contribution in [2.24, 2.45) is 0 Å². The summed E-state index contributed by atoms with van der Waals surface area (Å²) in [5, 5.41) is 7.64. The SMILES string of the molecule is CCn1nc(C)c2[nH]c(=S)n(Cc3nc(C)cs3)c21. The van der Waals surface area contributed by atoms with Crippen LogP contribution in [0.1, 0.15) is 23.3 Å². The van der Waals surface area contributed by atoms with E-state index in [1.165, 1.54) is 0 Å². The maximum absolute atomic E-state index is 5.42. The van der Waals surface area contributed by atoms with Crippen LogP contribution in [-0.2, 0) is 13.1 Å². The Bertz CT molecular complexity index is 789.